The quantitative estimate of drug-likeness (QED) is 0.617. The Kier molecular flexibility index (Phi) is 3.53. The number of fused-ring (bicyclic) bond motifs is 2. The van der Waals surface area contributed by atoms with E-state index >= 15 is 0 Å². The number of pyridine rings is 2. The summed E-state index contributed by atoms with van der Waals surface area (Å²) >= 11 is 0. The van der Waals surface area contributed by atoms with E-state index < -0.39 is 5.91 Å². The Labute approximate surface area is 142 Å². The van der Waals surface area contributed by atoms with Gasteiger partial charge >= 0.3 is 0 Å². The molecule has 1 N–H and O–H groups in total. The van der Waals surface area contributed by atoms with Gasteiger partial charge in [-0.2, -0.15) is 0 Å². The van der Waals surface area contributed by atoms with Crippen LogP contribution < -0.4 is 10.9 Å². The van der Waals surface area contributed by atoms with Crippen LogP contribution in [0.2, 0.25) is 0 Å². The first kappa shape index (κ1) is 15.1. The lowest BCUT2D eigenvalue weighted by molar-refractivity contribution is 0.0945. The van der Waals surface area contributed by atoms with Gasteiger partial charge in [-0.15, -0.1) is 0 Å². The summed E-state index contributed by atoms with van der Waals surface area (Å²) in [5.74, 6) is -0.405. The van der Waals surface area contributed by atoms with Crippen LogP contribution in [0.3, 0.4) is 0 Å². The van der Waals surface area contributed by atoms with Crippen LogP contribution in [-0.2, 0) is 6.54 Å². The molecule has 4 rings (SSSR count). The average molecular weight is 333 g/mol. The van der Waals surface area contributed by atoms with Crippen molar-refractivity contribution in [3.8, 4) is 0 Å². The number of rotatable bonds is 3. The second-order valence-electron chi connectivity index (χ2n) is 5.75. The van der Waals surface area contributed by atoms with E-state index in [1.54, 1.807) is 24.4 Å². The largest absolute Gasteiger partial charge is 0.345 e. The van der Waals surface area contributed by atoms with Crippen LogP contribution in [0.4, 0.5) is 0 Å². The van der Waals surface area contributed by atoms with Gasteiger partial charge in [0.2, 0.25) is 0 Å². The molecule has 0 bridgehead atoms. The van der Waals surface area contributed by atoms with Crippen molar-refractivity contribution in [1.29, 1.82) is 0 Å². The Morgan fingerprint density at radius 1 is 1.16 bits per heavy atom. The molecule has 4 aromatic rings. The Hall–Kier alpha value is -3.48. The molecule has 0 spiro atoms. The molecule has 0 aliphatic heterocycles. The van der Waals surface area contributed by atoms with Gasteiger partial charge in [0.25, 0.3) is 11.5 Å². The monoisotopic (exact) mass is 333 g/mol. The normalized spacial score (nSPS) is 11.1. The molecule has 0 radical (unpaired) electrons. The molecule has 25 heavy (non-hydrogen) atoms. The van der Waals surface area contributed by atoms with E-state index in [1.165, 1.54) is 10.5 Å². The van der Waals surface area contributed by atoms with Crippen LogP contribution in [-0.4, -0.2) is 24.7 Å². The molecular formula is C18H15N5O2. The number of amides is 1. The molecule has 0 unspecified atom stereocenters. The lowest BCUT2D eigenvalue weighted by Crippen LogP contribution is -2.27. The van der Waals surface area contributed by atoms with E-state index in [0.29, 0.717) is 5.65 Å². The van der Waals surface area contributed by atoms with Crippen LogP contribution in [0.25, 0.3) is 11.3 Å². The lowest BCUT2D eigenvalue weighted by Gasteiger charge is -2.04. The Morgan fingerprint density at radius 3 is 2.88 bits per heavy atom. The van der Waals surface area contributed by atoms with Gasteiger partial charge in [-0.1, -0.05) is 12.1 Å². The van der Waals surface area contributed by atoms with Crippen LogP contribution in [0.15, 0.2) is 59.8 Å². The molecule has 0 aliphatic carbocycles. The summed E-state index contributed by atoms with van der Waals surface area (Å²) in [6, 6.07) is 10.3. The maximum absolute atomic E-state index is 12.3. The average Bonchev–Trinajstić information content (AvgIpc) is 3.04. The van der Waals surface area contributed by atoms with Crippen molar-refractivity contribution in [3.63, 3.8) is 0 Å². The van der Waals surface area contributed by atoms with E-state index in [9.17, 15) is 9.59 Å². The van der Waals surface area contributed by atoms with Gasteiger partial charge < -0.3 is 9.72 Å². The highest BCUT2D eigenvalue weighted by Crippen LogP contribution is 2.10. The van der Waals surface area contributed by atoms with Gasteiger partial charge in [-0.3, -0.25) is 14.0 Å². The molecule has 0 aliphatic rings. The zero-order valence-electron chi connectivity index (χ0n) is 13.5. The number of carbonyl (C=O) groups is 1. The van der Waals surface area contributed by atoms with Crippen molar-refractivity contribution >= 4 is 17.2 Å². The fourth-order valence-corrected chi connectivity index (χ4v) is 2.72. The lowest BCUT2D eigenvalue weighted by atomic mass is 10.3. The Bertz CT molecular complexity index is 1160. The molecule has 4 heterocycles. The zero-order valence-corrected chi connectivity index (χ0v) is 13.5. The van der Waals surface area contributed by atoms with E-state index in [1.807, 2.05) is 35.9 Å². The SMILES string of the molecule is Cc1cccn2cc(CNC(=O)c3cc(=O)n4ccccc4n3)nc12. The number of hydrogen-bond donors (Lipinski definition) is 1. The number of aryl methyl sites for hydroxylation is 1. The molecule has 0 aromatic carbocycles. The van der Waals surface area contributed by atoms with Gasteiger partial charge in [0.1, 0.15) is 17.0 Å². The van der Waals surface area contributed by atoms with E-state index in [0.717, 1.165) is 16.9 Å². The molecule has 124 valence electrons. The molecule has 0 saturated carbocycles. The van der Waals surface area contributed by atoms with Crippen molar-refractivity contribution in [2.24, 2.45) is 0 Å². The molecule has 1 amide bonds. The predicted molar refractivity (Wildman–Crippen MR) is 92.6 cm³/mol. The highest BCUT2D eigenvalue weighted by molar-refractivity contribution is 5.92. The fraction of sp³-hybridized carbons (Fsp3) is 0.111. The smallest absolute Gasteiger partial charge is 0.270 e. The van der Waals surface area contributed by atoms with Crippen LogP contribution in [0.1, 0.15) is 21.7 Å². The fourth-order valence-electron chi connectivity index (χ4n) is 2.72. The number of nitrogens with one attached hydrogen (secondary N) is 1. The molecule has 0 atom stereocenters. The highest BCUT2D eigenvalue weighted by atomic mass is 16.2. The number of nitrogens with zero attached hydrogens (tertiary/aromatic N) is 4. The standard InChI is InChI=1S/C18H15N5O2/c1-12-5-4-7-22-11-13(20-17(12)22)10-19-18(25)14-9-16(24)23-8-3-2-6-15(23)21-14/h2-9,11H,10H2,1H3,(H,19,25). The third kappa shape index (κ3) is 2.76. The zero-order chi connectivity index (χ0) is 17.4. The summed E-state index contributed by atoms with van der Waals surface area (Å²) in [4.78, 5) is 33.1. The van der Waals surface area contributed by atoms with Gasteiger partial charge in [0, 0.05) is 24.7 Å². The van der Waals surface area contributed by atoms with Crippen molar-refractivity contribution in [2.75, 3.05) is 0 Å². The summed E-state index contributed by atoms with van der Waals surface area (Å²) in [6.45, 7) is 2.24. The van der Waals surface area contributed by atoms with Crippen molar-refractivity contribution < 1.29 is 4.79 Å². The van der Waals surface area contributed by atoms with E-state index in [-0.39, 0.29) is 17.8 Å². The van der Waals surface area contributed by atoms with E-state index in [2.05, 4.69) is 15.3 Å². The second-order valence-corrected chi connectivity index (χ2v) is 5.75. The van der Waals surface area contributed by atoms with E-state index in [4.69, 9.17) is 0 Å². The van der Waals surface area contributed by atoms with Crippen molar-refractivity contribution in [3.05, 3.63) is 82.3 Å². The minimum atomic E-state index is -0.405. The highest BCUT2D eigenvalue weighted by Gasteiger charge is 2.11. The molecule has 7 nitrogen and oxygen atoms in total. The molecule has 0 saturated heterocycles. The summed E-state index contributed by atoms with van der Waals surface area (Å²) in [5.41, 5.74) is 2.89. The molecular weight excluding hydrogens is 318 g/mol. The minimum Gasteiger partial charge on any atom is -0.345 e. The van der Waals surface area contributed by atoms with Crippen LogP contribution in [0, 0.1) is 6.92 Å². The summed E-state index contributed by atoms with van der Waals surface area (Å²) in [6.07, 6.45) is 5.39. The first-order valence-electron chi connectivity index (χ1n) is 7.82. The molecule has 7 heteroatoms. The Morgan fingerprint density at radius 2 is 2.04 bits per heavy atom. The maximum Gasteiger partial charge on any atom is 0.270 e. The maximum atomic E-state index is 12.3. The number of hydrogen-bond acceptors (Lipinski definition) is 4. The molecule has 0 fully saturated rings. The first-order chi connectivity index (χ1) is 12.1. The second kappa shape index (κ2) is 5.86. The van der Waals surface area contributed by atoms with Gasteiger partial charge in [0.15, 0.2) is 0 Å². The third-order valence-electron chi connectivity index (χ3n) is 3.96. The van der Waals surface area contributed by atoms with Crippen molar-refractivity contribution in [1.82, 2.24) is 24.1 Å². The third-order valence-corrected chi connectivity index (χ3v) is 3.96. The molecule has 4 aromatic heterocycles. The van der Waals surface area contributed by atoms with Gasteiger partial charge in [-0.05, 0) is 30.7 Å². The van der Waals surface area contributed by atoms with Gasteiger partial charge in [-0.25, -0.2) is 9.97 Å². The number of carbonyl (C=O) groups excluding carboxylic acids is 1. The first-order valence-corrected chi connectivity index (χ1v) is 7.82. The van der Waals surface area contributed by atoms with Crippen LogP contribution in [0.5, 0.6) is 0 Å². The van der Waals surface area contributed by atoms with Crippen molar-refractivity contribution in [2.45, 2.75) is 13.5 Å². The van der Waals surface area contributed by atoms with Crippen LogP contribution >= 0.6 is 0 Å². The minimum absolute atomic E-state index is 0.0937. The van der Waals surface area contributed by atoms with Gasteiger partial charge in [0.05, 0.1) is 12.2 Å². The predicted octanol–water partition coefficient (Wildman–Crippen LogP) is 1.58. The number of aromatic nitrogens is 4. The Balaban J connectivity index is 1.57. The summed E-state index contributed by atoms with van der Waals surface area (Å²) in [7, 11) is 0. The summed E-state index contributed by atoms with van der Waals surface area (Å²) < 4.78 is 3.30. The topological polar surface area (TPSA) is 80.8 Å². The number of imidazole rings is 1. The summed E-state index contributed by atoms with van der Waals surface area (Å²) in [5, 5.41) is 2.76.